The van der Waals surface area contributed by atoms with Crippen LogP contribution in [0.1, 0.15) is 37.5 Å². The quantitative estimate of drug-likeness (QED) is 0.154. The van der Waals surface area contributed by atoms with Crippen molar-refractivity contribution in [1.82, 2.24) is 4.40 Å². The van der Waals surface area contributed by atoms with Crippen LogP contribution in [-0.4, -0.2) is 4.40 Å². The van der Waals surface area contributed by atoms with Crippen molar-refractivity contribution < 1.29 is 4.57 Å². The molecule has 0 aliphatic heterocycles. The molecular formula is C28H27N2+. The average molecular weight is 392 g/mol. The molecule has 3 aromatic heterocycles. The molecule has 3 aromatic carbocycles. The number of aromatic nitrogens is 2. The van der Waals surface area contributed by atoms with E-state index in [0.717, 1.165) is 0 Å². The SMILES string of the molecule is Cc1cc2c3cc(C(C)(C)C)ccc3n3c4cccc5cc[n+](C)c(c(c1C)c23)c54. The molecule has 0 unspecified atom stereocenters. The second-order valence-corrected chi connectivity index (χ2v) is 9.92. The smallest absolute Gasteiger partial charge is 0.224 e. The van der Waals surface area contributed by atoms with Crippen molar-refractivity contribution in [3.8, 4) is 0 Å². The number of fused-ring (bicyclic) bond motifs is 5. The molecule has 0 saturated heterocycles. The molecule has 3 heterocycles. The minimum atomic E-state index is 0.126. The Morgan fingerprint density at radius 2 is 1.63 bits per heavy atom. The minimum absolute atomic E-state index is 0.126. The Labute approximate surface area is 176 Å². The predicted molar refractivity (Wildman–Crippen MR) is 128 cm³/mol. The predicted octanol–water partition coefficient (Wildman–Crippen LogP) is 6.73. The standard InChI is InChI=1S/C28H27N2/c1-16-14-21-20-15-19(28(3,4)5)10-11-22(20)30-23-9-7-8-18-12-13-29(6)27(25(18)23)24(17(16)2)26(21)30/h7-15H,1-6H3/q+1. The molecule has 0 fully saturated rings. The molecule has 0 atom stereocenters. The molecule has 30 heavy (non-hydrogen) atoms. The average Bonchev–Trinajstić information content (AvgIpc) is 3.03. The maximum atomic E-state index is 2.51. The van der Waals surface area contributed by atoms with E-state index in [-0.39, 0.29) is 5.41 Å². The van der Waals surface area contributed by atoms with E-state index in [4.69, 9.17) is 0 Å². The summed E-state index contributed by atoms with van der Waals surface area (Å²) in [7, 11) is 2.18. The van der Waals surface area contributed by atoms with Crippen molar-refractivity contribution in [1.29, 1.82) is 0 Å². The van der Waals surface area contributed by atoms with Gasteiger partial charge in [0.15, 0.2) is 6.20 Å². The zero-order valence-corrected chi connectivity index (χ0v) is 18.6. The van der Waals surface area contributed by atoms with Crippen LogP contribution in [0.25, 0.3) is 49.0 Å². The van der Waals surface area contributed by atoms with Crippen molar-refractivity contribution in [3.05, 3.63) is 71.4 Å². The minimum Gasteiger partial charge on any atom is -0.307 e. The van der Waals surface area contributed by atoms with Crippen molar-refractivity contribution >= 4 is 49.0 Å². The first kappa shape index (κ1) is 17.7. The molecule has 0 amide bonds. The Bertz CT molecular complexity index is 1640. The Hall–Kier alpha value is -3.13. The number of rotatable bonds is 0. The zero-order valence-electron chi connectivity index (χ0n) is 18.6. The van der Waals surface area contributed by atoms with Crippen molar-refractivity contribution in [2.24, 2.45) is 7.05 Å². The van der Waals surface area contributed by atoms with Crippen LogP contribution in [-0.2, 0) is 12.5 Å². The lowest BCUT2D eigenvalue weighted by Gasteiger charge is -2.19. The lowest BCUT2D eigenvalue weighted by molar-refractivity contribution is -0.643. The lowest BCUT2D eigenvalue weighted by atomic mass is 9.86. The Kier molecular flexibility index (Phi) is 3.25. The molecule has 0 N–H and O–H groups in total. The van der Waals surface area contributed by atoms with E-state index >= 15 is 0 Å². The van der Waals surface area contributed by atoms with Gasteiger partial charge in [0.05, 0.1) is 27.3 Å². The summed E-state index contributed by atoms with van der Waals surface area (Å²) in [6.45, 7) is 11.4. The third-order valence-corrected chi connectivity index (χ3v) is 7.06. The third kappa shape index (κ3) is 2.06. The van der Waals surface area contributed by atoms with Crippen LogP contribution in [0.2, 0.25) is 0 Å². The summed E-state index contributed by atoms with van der Waals surface area (Å²) in [4.78, 5) is 0. The van der Waals surface area contributed by atoms with Gasteiger partial charge in [0.2, 0.25) is 5.52 Å². The zero-order chi connectivity index (χ0) is 20.9. The molecule has 0 saturated carbocycles. The van der Waals surface area contributed by atoms with Gasteiger partial charge < -0.3 is 4.40 Å². The van der Waals surface area contributed by atoms with E-state index < -0.39 is 0 Å². The molecule has 0 aliphatic carbocycles. The lowest BCUT2D eigenvalue weighted by Crippen LogP contribution is -2.29. The van der Waals surface area contributed by atoms with E-state index in [2.05, 4.69) is 105 Å². The topological polar surface area (TPSA) is 8.29 Å². The highest BCUT2D eigenvalue weighted by molar-refractivity contribution is 6.26. The van der Waals surface area contributed by atoms with Crippen LogP contribution in [0.15, 0.2) is 54.7 Å². The normalized spacial score (nSPS) is 13.0. The van der Waals surface area contributed by atoms with E-state index in [1.54, 1.807) is 0 Å². The van der Waals surface area contributed by atoms with Crippen LogP contribution < -0.4 is 4.57 Å². The highest BCUT2D eigenvalue weighted by Crippen LogP contribution is 2.42. The van der Waals surface area contributed by atoms with E-state index in [1.165, 1.54) is 65.7 Å². The molecule has 2 heteroatoms. The van der Waals surface area contributed by atoms with Gasteiger partial charge in [0.25, 0.3) is 0 Å². The first-order chi connectivity index (χ1) is 14.3. The number of aryl methyl sites for hydroxylation is 3. The van der Waals surface area contributed by atoms with Crippen molar-refractivity contribution in [2.75, 3.05) is 0 Å². The summed E-state index contributed by atoms with van der Waals surface area (Å²) >= 11 is 0. The Balaban J connectivity index is 2.03. The van der Waals surface area contributed by atoms with E-state index in [0.29, 0.717) is 0 Å². The highest BCUT2D eigenvalue weighted by Gasteiger charge is 2.25. The molecule has 6 aromatic rings. The number of pyridine rings is 2. The second kappa shape index (κ2) is 5.51. The van der Waals surface area contributed by atoms with Crippen LogP contribution in [0.3, 0.4) is 0 Å². The fourth-order valence-corrected chi connectivity index (χ4v) is 5.30. The maximum absolute atomic E-state index is 2.51. The van der Waals surface area contributed by atoms with Crippen LogP contribution in [0, 0.1) is 13.8 Å². The molecule has 0 aliphatic rings. The van der Waals surface area contributed by atoms with Crippen molar-refractivity contribution in [3.63, 3.8) is 0 Å². The van der Waals surface area contributed by atoms with E-state index in [9.17, 15) is 0 Å². The maximum Gasteiger partial charge on any atom is 0.224 e. The summed E-state index contributed by atoms with van der Waals surface area (Å²) in [5.74, 6) is 0. The van der Waals surface area contributed by atoms with Crippen molar-refractivity contribution in [2.45, 2.75) is 40.0 Å². The number of benzene rings is 3. The highest BCUT2D eigenvalue weighted by atomic mass is 15.0. The van der Waals surface area contributed by atoms with Gasteiger partial charge in [-0.3, -0.25) is 0 Å². The van der Waals surface area contributed by atoms with Gasteiger partial charge in [0, 0.05) is 16.8 Å². The molecule has 148 valence electrons. The summed E-state index contributed by atoms with van der Waals surface area (Å²) in [5, 5.41) is 6.75. The monoisotopic (exact) mass is 391 g/mol. The summed E-state index contributed by atoms with van der Waals surface area (Å²) in [5.41, 5.74) is 9.51. The third-order valence-electron chi connectivity index (χ3n) is 7.06. The number of hydrogen-bond acceptors (Lipinski definition) is 0. The van der Waals surface area contributed by atoms with Gasteiger partial charge in [-0.2, -0.15) is 0 Å². The molecule has 2 nitrogen and oxygen atoms in total. The molecule has 0 radical (unpaired) electrons. The van der Waals surface area contributed by atoms with Gasteiger partial charge in [-0.15, -0.1) is 0 Å². The number of hydrogen-bond donors (Lipinski definition) is 0. The summed E-state index contributed by atoms with van der Waals surface area (Å²) in [6.07, 6.45) is 2.20. The van der Waals surface area contributed by atoms with Gasteiger partial charge in [0.1, 0.15) is 7.05 Å². The fourth-order valence-electron chi connectivity index (χ4n) is 5.30. The van der Waals surface area contributed by atoms with Crippen LogP contribution in [0.4, 0.5) is 0 Å². The molecule has 0 bridgehead atoms. The first-order valence-corrected chi connectivity index (χ1v) is 10.8. The summed E-state index contributed by atoms with van der Waals surface area (Å²) in [6, 6.07) is 18.4. The van der Waals surface area contributed by atoms with Gasteiger partial charge in [-0.1, -0.05) is 39.0 Å². The first-order valence-electron chi connectivity index (χ1n) is 10.8. The van der Waals surface area contributed by atoms with Gasteiger partial charge in [-0.05, 0) is 65.6 Å². The fraction of sp³-hybridized carbons (Fsp3) is 0.250. The van der Waals surface area contributed by atoms with Gasteiger partial charge in [-0.25, -0.2) is 4.57 Å². The largest absolute Gasteiger partial charge is 0.307 e. The van der Waals surface area contributed by atoms with Gasteiger partial charge >= 0.3 is 0 Å². The molecular weight excluding hydrogens is 364 g/mol. The van der Waals surface area contributed by atoms with E-state index in [1.807, 2.05) is 0 Å². The van der Waals surface area contributed by atoms with Crippen LogP contribution in [0.5, 0.6) is 0 Å². The Morgan fingerprint density at radius 3 is 2.40 bits per heavy atom. The second-order valence-electron chi connectivity index (χ2n) is 9.92. The van der Waals surface area contributed by atoms with Crippen LogP contribution >= 0.6 is 0 Å². The summed E-state index contributed by atoms with van der Waals surface area (Å²) < 4.78 is 4.81. The molecule has 6 rings (SSSR count). The molecule has 0 spiro atoms. The Morgan fingerprint density at radius 1 is 0.833 bits per heavy atom. The number of nitrogens with zero attached hydrogens (tertiary/aromatic N) is 2.